The molecule has 0 radical (unpaired) electrons. The van der Waals surface area contributed by atoms with Gasteiger partial charge in [0.1, 0.15) is 0 Å². The van der Waals surface area contributed by atoms with Crippen molar-refractivity contribution in [2.45, 2.75) is 32.8 Å². The standard InChI is InChI=1S/C11H19FN4O/c1-7(2)4-11(3,17)6-15-9-8(12)5-14-10(13)16-9/h5,7,17H,4,6H2,1-3H3,(H3,13,14,15,16). The van der Waals surface area contributed by atoms with Crippen molar-refractivity contribution in [2.75, 3.05) is 17.6 Å². The molecule has 0 spiro atoms. The van der Waals surface area contributed by atoms with Gasteiger partial charge in [0.25, 0.3) is 0 Å². The molecular weight excluding hydrogens is 223 g/mol. The van der Waals surface area contributed by atoms with Gasteiger partial charge in [-0.15, -0.1) is 0 Å². The summed E-state index contributed by atoms with van der Waals surface area (Å²) in [6.07, 6.45) is 1.62. The fourth-order valence-electron chi connectivity index (χ4n) is 1.73. The summed E-state index contributed by atoms with van der Waals surface area (Å²) in [5, 5.41) is 12.8. The van der Waals surface area contributed by atoms with Gasteiger partial charge in [0.2, 0.25) is 5.95 Å². The molecule has 6 heteroatoms. The largest absolute Gasteiger partial charge is 0.388 e. The van der Waals surface area contributed by atoms with Crippen LogP contribution in [0.3, 0.4) is 0 Å². The monoisotopic (exact) mass is 242 g/mol. The summed E-state index contributed by atoms with van der Waals surface area (Å²) in [6.45, 7) is 5.93. The van der Waals surface area contributed by atoms with Gasteiger partial charge in [-0.05, 0) is 19.3 Å². The number of nitrogens with one attached hydrogen (secondary N) is 1. The Bertz CT molecular complexity index is 382. The first-order valence-electron chi connectivity index (χ1n) is 5.54. The van der Waals surface area contributed by atoms with Crippen molar-refractivity contribution in [1.29, 1.82) is 0 Å². The second-order valence-corrected chi connectivity index (χ2v) is 4.87. The molecule has 1 aromatic heterocycles. The lowest BCUT2D eigenvalue weighted by atomic mass is 9.94. The van der Waals surface area contributed by atoms with Crippen LogP contribution in [0.25, 0.3) is 0 Å². The molecule has 0 amide bonds. The van der Waals surface area contributed by atoms with E-state index in [1.807, 2.05) is 13.8 Å². The molecule has 1 rings (SSSR count). The fourth-order valence-corrected chi connectivity index (χ4v) is 1.73. The third-order valence-electron chi connectivity index (χ3n) is 2.25. The number of nitrogens with two attached hydrogens (primary N) is 1. The van der Waals surface area contributed by atoms with Gasteiger partial charge in [0.15, 0.2) is 11.6 Å². The minimum absolute atomic E-state index is 0.00241. The van der Waals surface area contributed by atoms with E-state index in [2.05, 4.69) is 15.3 Å². The molecule has 5 nitrogen and oxygen atoms in total. The van der Waals surface area contributed by atoms with Gasteiger partial charge in [-0.2, -0.15) is 4.98 Å². The summed E-state index contributed by atoms with van der Waals surface area (Å²) in [5.41, 5.74) is 4.44. The lowest BCUT2D eigenvalue weighted by Crippen LogP contribution is -2.35. The molecule has 0 saturated heterocycles. The maximum atomic E-state index is 13.3. The van der Waals surface area contributed by atoms with Crippen molar-refractivity contribution in [3.63, 3.8) is 0 Å². The lowest BCUT2D eigenvalue weighted by molar-refractivity contribution is 0.0514. The van der Waals surface area contributed by atoms with E-state index in [9.17, 15) is 9.50 Å². The van der Waals surface area contributed by atoms with E-state index in [-0.39, 0.29) is 18.3 Å². The summed E-state index contributed by atoms with van der Waals surface area (Å²) >= 11 is 0. The quantitative estimate of drug-likeness (QED) is 0.727. The number of aromatic nitrogens is 2. The number of hydrogen-bond donors (Lipinski definition) is 3. The van der Waals surface area contributed by atoms with E-state index in [1.165, 1.54) is 0 Å². The average molecular weight is 242 g/mol. The summed E-state index contributed by atoms with van der Waals surface area (Å²) in [4.78, 5) is 7.25. The highest BCUT2D eigenvalue weighted by molar-refractivity contribution is 5.39. The van der Waals surface area contributed by atoms with Gasteiger partial charge in [0.05, 0.1) is 11.8 Å². The molecule has 0 aliphatic heterocycles. The molecule has 96 valence electrons. The Labute approximate surface area is 100 Å². The maximum absolute atomic E-state index is 13.3. The number of rotatable bonds is 5. The molecule has 4 N–H and O–H groups in total. The molecule has 0 bridgehead atoms. The van der Waals surface area contributed by atoms with Crippen LogP contribution in [-0.4, -0.2) is 27.2 Å². The second kappa shape index (κ2) is 5.27. The van der Waals surface area contributed by atoms with Crippen LogP contribution < -0.4 is 11.1 Å². The Kier molecular flexibility index (Phi) is 4.22. The minimum atomic E-state index is -0.916. The maximum Gasteiger partial charge on any atom is 0.222 e. The zero-order chi connectivity index (χ0) is 13.1. The Morgan fingerprint density at radius 3 is 2.82 bits per heavy atom. The third kappa shape index (κ3) is 4.52. The van der Waals surface area contributed by atoms with Crippen LogP contribution in [-0.2, 0) is 0 Å². The number of anilines is 2. The predicted octanol–water partition coefficient (Wildman–Crippen LogP) is 1.41. The first-order chi connectivity index (χ1) is 7.80. The zero-order valence-corrected chi connectivity index (χ0v) is 10.4. The summed E-state index contributed by atoms with van der Waals surface area (Å²) < 4.78 is 13.3. The Morgan fingerprint density at radius 1 is 1.59 bits per heavy atom. The van der Waals surface area contributed by atoms with Gasteiger partial charge in [-0.3, -0.25) is 0 Å². The van der Waals surface area contributed by atoms with Gasteiger partial charge >= 0.3 is 0 Å². The SMILES string of the molecule is CC(C)CC(C)(O)CNc1nc(N)ncc1F. The van der Waals surface area contributed by atoms with Gasteiger partial charge in [-0.25, -0.2) is 9.37 Å². The van der Waals surface area contributed by atoms with Crippen LogP contribution in [0.5, 0.6) is 0 Å². The highest BCUT2D eigenvalue weighted by Gasteiger charge is 2.22. The fraction of sp³-hybridized carbons (Fsp3) is 0.636. The van der Waals surface area contributed by atoms with Crippen LogP contribution in [0.2, 0.25) is 0 Å². The Balaban J connectivity index is 2.63. The van der Waals surface area contributed by atoms with Crippen LogP contribution in [0.15, 0.2) is 6.20 Å². The molecule has 1 aromatic rings. The highest BCUT2D eigenvalue weighted by atomic mass is 19.1. The Morgan fingerprint density at radius 2 is 2.24 bits per heavy atom. The molecular formula is C11H19FN4O. The summed E-state index contributed by atoms with van der Waals surface area (Å²) in [6, 6.07) is 0. The zero-order valence-electron chi connectivity index (χ0n) is 10.4. The molecule has 1 atom stereocenters. The Hall–Kier alpha value is -1.43. The average Bonchev–Trinajstić information content (AvgIpc) is 2.17. The molecule has 0 aliphatic rings. The summed E-state index contributed by atoms with van der Waals surface area (Å²) in [7, 11) is 0. The van der Waals surface area contributed by atoms with Crippen LogP contribution >= 0.6 is 0 Å². The van der Waals surface area contributed by atoms with E-state index in [0.717, 1.165) is 6.20 Å². The first kappa shape index (κ1) is 13.6. The van der Waals surface area contributed by atoms with Crippen LogP contribution in [0.1, 0.15) is 27.2 Å². The second-order valence-electron chi connectivity index (χ2n) is 4.87. The van der Waals surface area contributed by atoms with Crippen LogP contribution in [0, 0.1) is 11.7 Å². The van der Waals surface area contributed by atoms with E-state index in [1.54, 1.807) is 6.92 Å². The molecule has 1 heterocycles. The van der Waals surface area contributed by atoms with E-state index in [4.69, 9.17) is 5.73 Å². The van der Waals surface area contributed by atoms with Crippen LogP contribution in [0.4, 0.5) is 16.2 Å². The van der Waals surface area contributed by atoms with E-state index < -0.39 is 11.4 Å². The molecule has 0 aromatic carbocycles. The van der Waals surface area contributed by atoms with Crippen molar-refractivity contribution >= 4 is 11.8 Å². The molecule has 0 fully saturated rings. The number of hydrogen-bond acceptors (Lipinski definition) is 5. The first-order valence-corrected chi connectivity index (χ1v) is 5.54. The van der Waals surface area contributed by atoms with Crippen molar-refractivity contribution in [3.05, 3.63) is 12.0 Å². The lowest BCUT2D eigenvalue weighted by Gasteiger charge is -2.25. The predicted molar refractivity (Wildman–Crippen MR) is 65.0 cm³/mol. The number of halogens is 1. The smallest absolute Gasteiger partial charge is 0.222 e. The van der Waals surface area contributed by atoms with Crippen molar-refractivity contribution < 1.29 is 9.50 Å². The van der Waals surface area contributed by atoms with Gasteiger partial charge in [0, 0.05) is 6.54 Å². The number of nitrogens with zero attached hydrogens (tertiary/aromatic N) is 2. The van der Waals surface area contributed by atoms with Gasteiger partial charge in [-0.1, -0.05) is 13.8 Å². The van der Waals surface area contributed by atoms with Crippen molar-refractivity contribution in [1.82, 2.24) is 9.97 Å². The van der Waals surface area contributed by atoms with E-state index in [0.29, 0.717) is 12.3 Å². The molecule has 1 unspecified atom stereocenters. The minimum Gasteiger partial charge on any atom is -0.388 e. The topological polar surface area (TPSA) is 84.1 Å². The molecule has 0 aliphatic carbocycles. The van der Waals surface area contributed by atoms with Gasteiger partial charge < -0.3 is 16.2 Å². The molecule has 0 saturated carbocycles. The number of nitrogen functional groups attached to an aromatic ring is 1. The summed E-state index contributed by atoms with van der Waals surface area (Å²) in [5.74, 6) is -0.217. The van der Waals surface area contributed by atoms with Crippen molar-refractivity contribution in [3.8, 4) is 0 Å². The normalized spacial score (nSPS) is 14.7. The number of aliphatic hydroxyl groups is 1. The van der Waals surface area contributed by atoms with E-state index >= 15 is 0 Å². The third-order valence-corrected chi connectivity index (χ3v) is 2.25. The molecule has 17 heavy (non-hydrogen) atoms. The van der Waals surface area contributed by atoms with Crippen molar-refractivity contribution in [2.24, 2.45) is 5.92 Å². The highest BCUT2D eigenvalue weighted by Crippen LogP contribution is 2.18.